The van der Waals surface area contributed by atoms with Crippen molar-refractivity contribution in [2.75, 3.05) is 66.1 Å². The van der Waals surface area contributed by atoms with E-state index >= 15 is 0 Å². The molecule has 59 heavy (non-hydrogen) atoms. The standard InChI is InChI=1S/C51H64Br2O6/c1-5-49(33-56-34-49)31-54-23-11-7-9-13-25-58-47-22-17-39(28-48(47)59-26-14-10-8-12-24-55-32-50(6-2)35-57-36-50)51(44-27-37(3)15-16-38(44)4)45-29-40(52)18-20-42(45)43-21-19-41(53)30-46(43)51/h15-22,27-30H,5-14,23-26,31-36H2,1-4H3. The Morgan fingerprint density at radius 3 is 1.53 bits per heavy atom. The van der Waals surface area contributed by atoms with Gasteiger partial charge >= 0.3 is 0 Å². The number of aryl methyl sites for hydroxylation is 2. The normalized spacial score (nSPS) is 16.8. The first-order valence-electron chi connectivity index (χ1n) is 22.1. The van der Waals surface area contributed by atoms with E-state index < -0.39 is 5.41 Å². The number of rotatable bonds is 24. The van der Waals surface area contributed by atoms with E-state index in [4.69, 9.17) is 28.4 Å². The summed E-state index contributed by atoms with van der Waals surface area (Å²) in [6.07, 6.45) is 10.8. The summed E-state index contributed by atoms with van der Waals surface area (Å²) in [6.45, 7) is 16.7. The molecule has 4 aromatic carbocycles. The van der Waals surface area contributed by atoms with Crippen LogP contribution in [0.4, 0.5) is 0 Å². The molecule has 318 valence electrons. The Morgan fingerprint density at radius 1 is 0.525 bits per heavy atom. The van der Waals surface area contributed by atoms with Crippen LogP contribution in [0.5, 0.6) is 11.5 Å². The number of benzene rings is 4. The molecule has 8 heteroatoms. The predicted octanol–water partition coefficient (Wildman–Crippen LogP) is 13.0. The summed E-state index contributed by atoms with van der Waals surface area (Å²) in [5.74, 6) is 1.61. The molecule has 0 saturated carbocycles. The van der Waals surface area contributed by atoms with Gasteiger partial charge in [-0.1, -0.05) is 101 Å². The van der Waals surface area contributed by atoms with Gasteiger partial charge in [0.05, 0.1) is 58.3 Å². The van der Waals surface area contributed by atoms with Gasteiger partial charge < -0.3 is 28.4 Å². The maximum atomic E-state index is 6.76. The Bertz CT molecular complexity index is 1940. The number of unbranched alkanes of at least 4 members (excludes halogenated alkanes) is 6. The van der Waals surface area contributed by atoms with Crippen LogP contribution in [0.15, 0.2) is 81.7 Å². The van der Waals surface area contributed by atoms with Gasteiger partial charge in [0.25, 0.3) is 0 Å². The van der Waals surface area contributed by atoms with Gasteiger partial charge in [-0.25, -0.2) is 0 Å². The van der Waals surface area contributed by atoms with Crippen molar-refractivity contribution >= 4 is 31.9 Å². The Hall–Kier alpha value is -2.72. The summed E-state index contributed by atoms with van der Waals surface area (Å²) >= 11 is 7.72. The van der Waals surface area contributed by atoms with E-state index in [9.17, 15) is 0 Å². The Morgan fingerprint density at radius 2 is 1.03 bits per heavy atom. The van der Waals surface area contributed by atoms with Crippen LogP contribution >= 0.6 is 31.9 Å². The molecule has 0 radical (unpaired) electrons. The van der Waals surface area contributed by atoms with Crippen LogP contribution in [-0.2, 0) is 24.4 Å². The minimum absolute atomic E-state index is 0.243. The maximum Gasteiger partial charge on any atom is 0.161 e. The smallest absolute Gasteiger partial charge is 0.161 e. The summed E-state index contributed by atoms with van der Waals surface area (Å²) in [5.41, 5.74) is 9.88. The molecule has 0 aromatic heterocycles. The molecule has 2 aliphatic heterocycles. The zero-order valence-corrected chi connectivity index (χ0v) is 38.9. The van der Waals surface area contributed by atoms with Crippen LogP contribution in [0.1, 0.15) is 111 Å². The minimum Gasteiger partial charge on any atom is -0.490 e. The van der Waals surface area contributed by atoms with E-state index in [1.807, 2.05) is 0 Å². The summed E-state index contributed by atoms with van der Waals surface area (Å²) in [7, 11) is 0. The average Bonchev–Trinajstić information content (AvgIpc) is 3.48. The van der Waals surface area contributed by atoms with Crippen molar-refractivity contribution in [3.8, 4) is 22.6 Å². The third kappa shape index (κ3) is 10.00. The maximum absolute atomic E-state index is 6.76. The second-order valence-electron chi connectivity index (χ2n) is 17.4. The van der Waals surface area contributed by atoms with E-state index in [0.717, 1.165) is 138 Å². The number of fused-ring (bicyclic) bond motifs is 3. The molecule has 0 N–H and O–H groups in total. The first-order valence-corrected chi connectivity index (χ1v) is 23.7. The molecule has 0 unspecified atom stereocenters. The fourth-order valence-electron chi connectivity index (χ4n) is 8.96. The molecule has 1 aliphatic carbocycles. The first-order chi connectivity index (χ1) is 28.7. The van der Waals surface area contributed by atoms with Crippen molar-refractivity contribution in [3.05, 3.63) is 115 Å². The Balaban J connectivity index is 1.08. The third-order valence-corrected chi connectivity index (χ3v) is 14.1. The zero-order valence-electron chi connectivity index (χ0n) is 35.8. The third-order valence-electron chi connectivity index (χ3n) is 13.1. The van der Waals surface area contributed by atoms with Gasteiger partial charge in [0.15, 0.2) is 11.5 Å². The van der Waals surface area contributed by atoms with E-state index in [2.05, 4.69) is 132 Å². The van der Waals surface area contributed by atoms with Crippen LogP contribution < -0.4 is 9.47 Å². The fraction of sp³-hybridized carbons (Fsp3) is 0.529. The van der Waals surface area contributed by atoms with Gasteiger partial charge in [-0.15, -0.1) is 0 Å². The lowest BCUT2D eigenvalue weighted by molar-refractivity contribution is -0.150. The minimum atomic E-state index is -0.572. The van der Waals surface area contributed by atoms with Gasteiger partial charge in [0.1, 0.15) is 0 Å². The van der Waals surface area contributed by atoms with Gasteiger partial charge in [-0.3, -0.25) is 0 Å². The second kappa shape index (κ2) is 20.4. The second-order valence-corrected chi connectivity index (χ2v) is 19.3. The van der Waals surface area contributed by atoms with Crippen LogP contribution in [0.25, 0.3) is 11.1 Å². The Labute approximate surface area is 370 Å². The highest BCUT2D eigenvalue weighted by Crippen LogP contribution is 2.58. The number of ether oxygens (including phenoxy) is 6. The van der Waals surface area contributed by atoms with Crippen LogP contribution in [0.2, 0.25) is 0 Å². The van der Waals surface area contributed by atoms with Gasteiger partial charge in [-0.2, -0.15) is 0 Å². The van der Waals surface area contributed by atoms with Crippen LogP contribution in [0, 0.1) is 24.7 Å². The monoisotopic (exact) mass is 930 g/mol. The highest BCUT2D eigenvalue weighted by molar-refractivity contribution is 9.10. The molecule has 2 fully saturated rings. The molecule has 0 atom stereocenters. The molecule has 0 bridgehead atoms. The number of hydrogen-bond acceptors (Lipinski definition) is 6. The molecule has 7 rings (SSSR count). The van der Waals surface area contributed by atoms with Crippen molar-refractivity contribution in [3.63, 3.8) is 0 Å². The molecule has 0 spiro atoms. The molecular formula is C51H64Br2O6. The average molecular weight is 933 g/mol. The van der Waals surface area contributed by atoms with Gasteiger partial charge in [-0.05, 0) is 141 Å². The lowest BCUT2D eigenvalue weighted by atomic mass is 9.66. The van der Waals surface area contributed by atoms with Crippen LogP contribution in [0.3, 0.4) is 0 Å². The molecule has 0 amide bonds. The summed E-state index contributed by atoms with van der Waals surface area (Å²) < 4.78 is 38.5. The van der Waals surface area contributed by atoms with Gasteiger partial charge in [0.2, 0.25) is 0 Å². The SMILES string of the molecule is CCC1(COCCCCCCOc2ccc(C3(c4cc(C)ccc4C)c4cc(Br)ccc4-c4ccc(Br)cc43)cc2OCCCCCCOCC2(CC)COC2)COC1. The summed E-state index contributed by atoms with van der Waals surface area (Å²) in [6, 6.07) is 27.0. The first kappa shape index (κ1) is 44.3. The lowest BCUT2D eigenvalue weighted by Gasteiger charge is -2.40. The molecule has 6 nitrogen and oxygen atoms in total. The largest absolute Gasteiger partial charge is 0.490 e. The molecule has 2 heterocycles. The molecule has 3 aliphatic rings. The lowest BCUT2D eigenvalue weighted by Crippen LogP contribution is -2.45. The topological polar surface area (TPSA) is 55.4 Å². The van der Waals surface area contributed by atoms with E-state index in [1.165, 1.54) is 44.5 Å². The van der Waals surface area contributed by atoms with Crippen molar-refractivity contribution in [2.45, 2.75) is 97.3 Å². The predicted molar refractivity (Wildman–Crippen MR) is 245 cm³/mol. The van der Waals surface area contributed by atoms with E-state index in [0.29, 0.717) is 13.2 Å². The van der Waals surface area contributed by atoms with Crippen LogP contribution in [-0.4, -0.2) is 66.1 Å². The van der Waals surface area contributed by atoms with Gasteiger partial charge in [0, 0.05) is 33.0 Å². The summed E-state index contributed by atoms with van der Waals surface area (Å²) in [5, 5.41) is 0. The zero-order chi connectivity index (χ0) is 41.3. The van der Waals surface area contributed by atoms with Crippen molar-refractivity contribution in [1.29, 1.82) is 0 Å². The van der Waals surface area contributed by atoms with E-state index in [-0.39, 0.29) is 10.8 Å². The molecule has 2 saturated heterocycles. The molecule has 4 aromatic rings. The highest BCUT2D eigenvalue weighted by atomic mass is 79.9. The van der Waals surface area contributed by atoms with Crippen molar-refractivity contribution in [1.82, 2.24) is 0 Å². The number of halogens is 2. The van der Waals surface area contributed by atoms with Crippen molar-refractivity contribution < 1.29 is 28.4 Å². The Kier molecular flexibility index (Phi) is 15.4. The molecular weight excluding hydrogens is 868 g/mol. The summed E-state index contributed by atoms with van der Waals surface area (Å²) in [4.78, 5) is 0. The number of hydrogen-bond donors (Lipinski definition) is 0. The van der Waals surface area contributed by atoms with Crippen molar-refractivity contribution in [2.24, 2.45) is 10.8 Å². The quantitative estimate of drug-likeness (QED) is 0.0575. The van der Waals surface area contributed by atoms with E-state index in [1.54, 1.807) is 0 Å². The highest BCUT2D eigenvalue weighted by Gasteiger charge is 2.47. The fourth-order valence-corrected chi connectivity index (χ4v) is 9.68.